The van der Waals surface area contributed by atoms with E-state index in [1.807, 2.05) is 36.6 Å². The Morgan fingerprint density at radius 3 is 2.87 bits per heavy atom. The van der Waals surface area contributed by atoms with Crippen molar-refractivity contribution in [1.29, 1.82) is 0 Å². The Morgan fingerprint density at radius 1 is 1.43 bits per heavy atom. The summed E-state index contributed by atoms with van der Waals surface area (Å²) in [5.74, 6) is 0.735. The van der Waals surface area contributed by atoms with Gasteiger partial charge in [-0.05, 0) is 37.7 Å². The van der Waals surface area contributed by atoms with Gasteiger partial charge in [0.25, 0.3) is 5.91 Å². The third-order valence-corrected chi connectivity index (χ3v) is 3.78. The maximum Gasteiger partial charge on any atom is 0.251 e. The first kappa shape index (κ1) is 17.4. The molecule has 1 heterocycles. The first-order valence-electron chi connectivity index (χ1n) is 7.55. The minimum absolute atomic E-state index is 0.108. The van der Waals surface area contributed by atoms with E-state index in [1.165, 1.54) is 0 Å². The van der Waals surface area contributed by atoms with E-state index in [0.29, 0.717) is 29.9 Å². The van der Waals surface area contributed by atoms with Crippen LogP contribution in [0.3, 0.4) is 0 Å². The quantitative estimate of drug-likeness (QED) is 0.764. The molecule has 124 valence electrons. The maximum atomic E-state index is 12.3. The first-order chi connectivity index (χ1) is 11.0. The molecule has 0 unspecified atom stereocenters. The molecule has 0 spiro atoms. The van der Waals surface area contributed by atoms with E-state index < -0.39 is 0 Å². The molecule has 0 aliphatic rings. The third kappa shape index (κ3) is 4.27. The molecule has 0 aliphatic carbocycles. The largest absolute Gasteiger partial charge is 0.380 e. The van der Waals surface area contributed by atoms with E-state index in [9.17, 15) is 4.79 Å². The summed E-state index contributed by atoms with van der Waals surface area (Å²) in [4.78, 5) is 12.3. The summed E-state index contributed by atoms with van der Waals surface area (Å²) < 4.78 is 7.69. The molecule has 0 bridgehead atoms. The lowest BCUT2D eigenvalue weighted by Gasteiger charge is -2.12. The van der Waals surface area contributed by atoms with E-state index >= 15 is 0 Å². The predicted molar refractivity (Wildman–Crippen MR) is 91.0 cm³/mol. The van der Waals surface area contributed by atoms with E-state index in [2.05, 4.69) is 15.5 Å². The fourth-order valence-corrected chi connectivity index (χ4v) is 2.81. The highest BCUT2D eigenvalue weighted by atomic mass is 32.1. The number of hydrogen-bond donors (Lipinski definition) is 2. The number of aromatic amines is 1. The van der Waals surface area contributed by atoms with Crippen molar-refractivity contribution in [3.05, 3.63) is 46.0 Å². The van der Waals surface area contributed by atoms with Crippen molar-refractivity contribution >= 4 is 18.1 Å². The highest BCUT2D eigenvalue weighted by molar-refractivity contribution is 7.71. The van der Waals surface area contributed by atoms with E-state index in [4.69, 9.17) is 17.0 Å². The molecule has 7 heteroatoms. The third-order valence-electron chi connectivity index (χ3n) is 3.49. The van der Waals surface area contributed by atoms with Crippen LogP contribution in [0.15, 0.2) is 24.3 Å². The Morgan fingerprint density at radius 2 is 2.17 bits per heavy atom. The lowest BCUT2D eigenvalue weighted by atomic mass is 10.1. The number of nitrogens with zero attached hydrogens (tertiary/aromatic N) is 2. The van der Waals surface area contributed by atoms with Crippen molar-refractivity contribution in [2.75, 3.05) is 13.7 Å². The number of benzene rings is 1. The molecule has 6 nitrogen and oxygen atoms in total. The zero-order chi connectivity index (χ0) is 16.8. The van der Waals surface area contributed by atoms with Crippen LogP contribution in [-0.2, 0) is 17.8 Å². The first-order valence-corrected chi connectivity index (χ1v) is 7.96. The summed E-state index contributed by atoms with van der Waals surface area (Å²) in [7, 11) is 1.61. The summed E-state index contributed by atoms with van der Waals surface area (Å²) in [5, 5.41) is 9.95. The normalized spacial score (nSPS) is 11.0. The number of rotatable bonds is 7. The molecule has 1 amide bonds. The van der Waals surface area contributed by atoms with Crippen LogP contribution in [0.4, 0.5) is 0 Å². The molecular formula is C16H22N4O2S. The van der Waals surface area contributed by atoms with Crippen LogP contribution in [0.1, 0.15) is 41.6 Å². The topological polar surface area (TPSA) is 71.9 Å². The van der Waals surface area contributed by atoms with Crippen LogP contribution in [0.25, 0.3) is 0 Å². The lowest BCUT2D eigenvalue weighted by molar-refractivity contribution is 0.0949. The minimum Gasteiger partial charge on any atom is -0.380 e. The zero-order valence-corrected chi connectivity index (χ0v) is 14.4. The van der Waals surface area contributed by atoms with Gasteiger partial charge in [0.2, 0.25) is 0 Å². The molecule has 2 rings (SSSR count). The van der Waals surface area contributed by atoms with Crippen molar-refractivity contribution in [2.45, 2.75) is 32.9 Å². The Hall–Kier alpha value is -1.99. The number of carbonyl (C=O) groups excluding carboxylic acids is 1. The number of nitrogens with one attached hydrogen (secondary N) is 2. The maximum absolute atomic E-state index is 12.3. The van der Waals surface area contributed by atoms with Gasteiger partial charge < -0.3 is 14.6 Å². The standard InChI is InChI=1S/C16H22N4O2S/c1-11(2)20-14(18-19-16(20)23)8-9-17-15(21)13-7-5-4-6-12(13)10-22-3/h4-7,11H,8-10H2,1-3H3,(H,17,21)(H,19,23). The van der Waals surface area contributed by atoms with Crippen molar-refractivity contribution in [2.24, 2.45) is 0 Å². The molecule has 1 aromatic heterocycles. The number of carbonyl (C=O) groups is 1. The molecule has 1 aromatic carbocycles. The summed E-state index contributed by atoms with van der Waals surface area (Å²) >= 11 is 5.22. The van der Waals surface area contributed by atoms with Crippen molar-refractivity contribution in [1.82, 2.24) is 20.1 Å². The van der Waals surface area contributed by atoms with Crippen LogP contribution in [0, 0.1) is 4.77 Å². The number of aromatic nitrogens is 3. The highest BCUT2D eigenvalue weighted by Gasteiger charge is 2.12. The van der Waals surface area contributed by atoms with Crippen LogP contribution < -0.4 is 5.32 Å². The average Bonchev–Trinajstić information content (AvgIpc) is 2.89. The summed E-state index contributed by atoms with van der Waals surface area (Å²) in [6.07, 6.45) is 0.615. The second-order valence-corrected chi connectivity index (χ2v) is 5.89. The predicted octanol–water partition coefficient (Wildman–Crippen LogP) is 2.64. The van der Waals surface area contributed by atoms with Gasteiger partial charge in [0.15, 0.2) is 4.77 Å². The van der Waals surface area contributed by atoms with E-state index in [1.54, 1.807) is 13.2 Å². The van der Waals surface area contributed by atoms with Crippen LogP contribution >= 0.6 is 12.2 Å². The van der Waals surface area contributed by atoms with Gasteiger partial charge in [-0.3, -0.25) is 9.89 Å². The van der Waals surface area contributed by atoms with E-state index in [0.717, 1.165) is 11.4 Å². The second-order valence-electron chi connectivity index (χ2n) is 5.50. The number of H-pyrrole nitrogens is 1. The molecule has 0 fully saturated rings. The Bertz CT molecular complexity index is 721. The smallest absolute Gasteiger partial charge is 0.251 e. The SMILES string of the molecule is COCc1ccccc1C(=O)NCCc1n[nH]c(=S)n1C(C)C. The molecule has 2 N–H and O–H groups in total. The summed E-state index contributed by atoms with van der Waals surface area (Å²) in [6.45, 7) is 5.00. The summed E-state index contributed by atoms with van der Waals surface area (Å²) in [5.41, 5.74) is 1.51. The molecule has 0 saturated carbocycles. The Kier molecular flexibility index (Phi) is 6.06. The number of amides is 1. The van der Waals surface area contributed by atoms with Gasteiger partial charge in [0.05, 0.1) is 6.61 Å². The van der Waals surface area contributed by atoms with Gasteiger partial charge in [-0.1, -0.05) is 18.2 Å². The van der Waals surface area contributed by atoms with Gasteiger partial charge in [-0.2, -0.15) is 5.10 Å². The molecule has 0 atom stereocenters. The van der Waals surface area contributed by atoms with Crippen LogP contribution in [-0.4, -0.2) is 34.3 Å². The van der Waals surface area contributed by atoms with Gasteiger partial charge in [-0.15, -0.1) is 0 Å². The van der Waals surface area contributed by atoms with Crippen LogP contribution in [0.2, 0.25) is 0 Å². The zero-order valence-electron chi connectivity index (χ0n) is 13.6. The van der Waals surface area contributed by atoms with Crippen molar-refractivity contribution in [3.8, 4) is 0 Å². The Labute approximate surface area is 140 Å². The van der Waals surface area contributed by atoms with Crippen molar-refractivity contribution < 1.29 is 9.53 Å². The second kappa shape index (κ2) is 8.03. The molecule has 0 aliphatic heterocycles. The molecule has 23 heavy (non-hydrogen) atoms. The minimum atomic E-state index is -0.108. The average molecular weight is 334 g/mol. The lowest BCUT2D eigenvalue weighted by Crippen LogP contribution is -2.27. The number of hydrogen-bond acceptors (Lipinski definition) is 4. The molecule has 0 radical (unpaired) electrons. The number of ether oxygens (including phenoxy) is 1. The highest BCUT2D eigenvalue weighted by Crippen LogP contribution is 2.11. The van der Waals surface area contributed by atoms with Gasteiger partial charge in [-0.25, -0.2) is 0 Å². The van der Waals surface area contributed by atoms with E-state index in [-0.39, 0.29) is 11.9 Å². The fourth-order valence-electron chi connectivity index (χ4n) is 2.45. The molecule has 0 saturated heterocycles. The number of methoxy groups -OCH3 is 1. The van der Waals surface area contributed by atoms with Crippen LogP contribution in [0.5, 0.6) is 0 Å². The monoisotopic (exact) mass is 334 g/mol. The summed E-state index contributed by atoms with van der Waals surface area (Å²) in [6, 6.07) is 7.66. The molecular weight excluding hydrogens is 312 g/mol. The van der Waals surface area contributed by atoms with Gasteiger partial charge in [0, 0.05) is 31.7 Å². The Balaban J connectivity index is 2.00. The fraction of sp³-hybridized carbons (Fsp3) is 0.438. The van der Waals surface area contributed by atoms with Gasteiger partial charge >= 0.3 is 0 Å². The van der Waals surface area contributed by atoms with Crippen molar-refractivity contribution in [3.63, 3.8) is 0 Å². The molecule has 2 aromatic rings. The van der Waals surface area contributed by atoms with Gasteiger partial charge in [0.1, 0.15) is 5.82 Å².